The minimum Gasteiger partial charge on any atom is -0.444 e. The number of benzene rings is 2. The molecule has 0 radical (unpaired) electrons. The van der Waals surface area contributed by atoms with Gasteiger partial charge in [-0.05, 0) is 77.1 Å². The minimum atomic E-state index is -1.22. The molecule has 2 heterocycles. The number of nitrogens with one attached hydrogen (secondary N) is 2. The van der Waals surface area contributed by atoms with E-state index in [2.05, 4.69) is 15.6 Å². The summed E-state index contributed by atoms with van der Waals surface area (Å²) in [5.74, 6) is -0.802. The first kappa shape index (κ1) is 30.0. The summed E-state index contributed by atoms with van der Waals surface area (Å²) in [6, 6.07) is 14.3. The predicted molar refractivity (Wildman–Crippen MR) is 151 cm³/mol. The summed E-state index contributed by atoms with van der Waals surface area (Å²) in [6.07, 6.45) is 1.02. The standard InChI is InChI=1S/C30H38N4O7/c1-30(2,3)40-29(38)31-18-10-9-15-22(25(35)27-33-21-14-7-8-17-24(21)39-27)32-26(36)23-16-11-19-34(23)41-28(37)20-12-5-4-6-13-20/h4-8,12-14,17,22-23,25,35H,9-11,15-16,18-19H2,1-3H3,(H,31,38)(H,32,36)/t22-,23-,25?/m0/s1. The molecule has 220 valence electrons. The number of fused-ring (bicyclic) bond motifs is 1. The van der Waals surface area contributed by atoms with Crippen molar-refractivity contribution < 1.29 is 33.5 Å². The fourth-order valence-electron chi connectivity index (χ4n) is 4.62. The highest BCUT2D eigenvalue weighted by Gasteiger charge is 2.37. The highest BCUT2D eigenvalue weighted by molar-refractivity contribution is 5.89. The van der Waals surface area contributed by atoms with Crippen molar-refractivity contribution in [2.45, 2.75) is 76.7 Å². The average Bonchev–Trinajstić information content (AvgIpc) is 3.58. The summed E-state index contributed by atoms with van der Waals surface area (Å²) in [6.45, 7) is 6.18. The Balaban J connectivity index is 1.40. The number of carbonyl (C=O) groups is 3. The first-order chi connectivity index (χ1) is 19.6. The Labute approximate surface area is 239 Å². The van der Waals surface area contributed by atoms with Crippen LogP contribution in [0.5, 0.6) is 0 Å². The number of ether oxygens (including phenoxy) is 1. The van der Waals surface area contributed by atoms with Crippen molar-refractivity contribution >= 4 is 29.1 Å². The number of nitrogens with zero attached hydrogens (tertiary/aromatic N) is 2. The van der Waals surface area contributed by atoms with Crippen molar-refractivity contribution in [1.82, 2.24) is 20.7 Å². The van der Waals surface area contributed by atoms with Gasteiger partial charge in [-0.15, -0.1) is 5.06 Å². The van der Waals surface area contributed by atoms with Gasteiger partial charge in [0, 0.05) is 13.1 Å². The molecule has 0 bridgehead atoms. The van der Waals surface area contributed by atoms with Gasteiger partial charge in [0.15, 0.2) is 11.7 Å². The average molecular weight is 567 g/mol. The maximum Gasteiger partial charge on any atom is 0.407 e. The van der Waals surface area contributed by atoms with E-state index in [1.165, 1.54) is 5.06 Å². The van der Waals surface area contributed by atoms with E-state index in [0.717, 1.165) is 0 Å². The van der Waals surface area contributed by atoms with Gasteiger partial charge < -0.3 is 29.7 Å². The number of oxazole rings is 1. The lowest BCUT2D eigenvalue weighted by atomic mass is 10.0. The molecule has 0 aliphatic carbocycles. The lowest BCUT2D eigenvalue weighted by Crippen LogP contribution is -2.49. The lowest BCUT2D eigenvalue weighted by Gasteiger charge is -2.27. The van der Waals surface area contributed by atoms with Crippen LogP contribution in [-0.4, -0.2) is 63.9 Å². The van der Waals surface area contributed by atoms with Crippen molar-refractivity contribution in [2.24, 2.45) is 0 Å². The summed E-state index contributed by atoms with van der Waals surface area (Å²) in [4.78, 5) is 47.9. The van der Waals surface area contributed by atoms with Crippen LogP contribution in [0.4, 0.5) is 4.79 Å². The van der Waals surface area contributed by atoms with Crippen molar-refractivity contribution in [1.29, 1.82) is 0 Å². The molecule has 1 fully saturated rings. The first-order valence-electron chi connectivity index (χ1n) is 14.0. The van der Waals surface area contributed by atoms with Gasteiger partial charge in [0.1, 0.15) is 17.2 Å². The van der Waals surface area contributed by atoms with Crippen LogP contribution < -0.4 is 10.6 Å². The van der Waals surface area contributed by atoms with Gasteiger partial charge in [0.25, 0.3) is 0 Å². The summed E-state index contributed by atoms with van der Waals surface area (Å²) in [5, 5.41) is 18.3. The number of aliphatic hydroxyl groups excluding tert-OH is 1. The Kier molecular flexibility index (Phi) is 9.95. The second kappa shape index (κ2) is 13.6. The number of hydroxylamine groups is 2. The fraction of sp³-hybridized carbons (Fsp3) is 0.467. The molecule has 4 rings (SSSR count). The molecule has 0 saturated carbocycles. The molecule has 0 spiro atoms. The molecule has 3 atom stereocenters. The zero-order valence-electron chi connectivity index (χ0n) is 23.7. The topological polar surface area (TPSA) is 143 Å². The van der Waals surface area contributed by atoms with Crippen LogP contribution in [0.1, 0.15) is 75.2 Å². The summed E-state index contributed by atoms with van der Waals surface area (Å²) in [7, 11) is 0. The second-order valence-corrected chi connectivity index (χ2v) is 11.0. The number of carbonyl (C=O) groups excluding carboxylic acids is 3. The van der Waals surface area contributed by atoms with Gasteiger partial charge in [-0.3, -0.25) is 4.79 Å². The molecular formula is C30H38N4O7. The number of hydrogen-bond donors (Lipinski definition) is 3. The van der Waals surface area contributed by atoms with Gasteiger partial charge in [-0.2, -0.15) is 0 Å². The van der Waals surface area contributed by atoms with Gasteiger partial charge in [0.2, 0.25) is 11.8 Å². The third-order valence-corrected chi connectivity index (χ3v) is 6.60. The van der Waals surface area contributed by atoms with Crippen LogP contribution in [0, 0.1) is 0 Å². The fourth-order valence-corrected chi connectivity index (χ4v) is 4.62. The molecule has 2 amide bonds. The maximum absolute atomic E-state index is 13.4. The molecule has 1 unspecified atom stereocenters. The van der Waals surface area contributed by atoms with Gasteiger partial charge >= 0.3 is 12.1 Å². The van der Waals surface area contributed by atoms with Gasteiger partial charge in [-0.25, -0.2) is 14.6 Å². The lowest BCUT2D eigenvalue weighted by molar-refractivity contribution is -0.150. The molecule has 1 saturated heterocycles. The van der Waals surface area contributed by atoms with E-state index in [1.54, 1.807) is 63.2 Å². The van der Waals surface area contributed by atoms with Crippen LogP contribution in [0.15, 0.2) is 59.0 Å². The van der Waals surface area contributed by atoms with Crippen LogP contribution in [-0.2, 0) is 14.4 Å². The van der Waals surface area contributed by atoms with Crippen LogP contribution >= 0.6 is 0 Å². The number of amides is 2. The van der Waals surface area contributed by atoms with Crippen LogP contribution in [0.25, 0.3) is 11.1 Å². The SMILES string of the molecule is CC(C)(C)OC(=O)NCCCC[C@H](NC(=O)[C@@H]1CCCN1OC(=O)c1ccccc1)C(O)c1nc2ccccc2o1. The first-order valence-corrected chi connectivity index (χ1v) is 14.0. The van der Waals surface area contributed by atoms with Crippen molar-refractivity contribution in [2.75, 3.05) is 13.1 Å². The van der Waals surface area contributed by atoms with E-state index >= 15 is 0 Å². The Morgan fingerprint density at radius 3 is 2.56 bits per heavy atom. The summed E-state index contributed by atoms with van der Waals surface area (Å²) >= 11 is 0. The predicted octanol–water partition coefficient (Wildman–Crippen LogP) is 4.28. The quantitative estimate of drug-likeness (QED) is 0.290. The Morgan fingerprint density at radius 2 is 1.83 bits per heavy atom. The summed E-state index contributed by atoms with van der Waals surface area (Å²) < 4.78 is 11.0. The minimum absolute atomic E-state index is 0.0992. The second-order valence-electron chi connectivity index (χ2n) is 11.0. The van der Waals surface area contributed by atoms with Crippen LogP contribution in [0.2, 0.25) is 0 Å². The van der Waals surface area contributed by atoms with E-state index in [-0.39, 0.29) is 11.8 Å². The molecule has 1 aliphatic rings. The number of rotatable bonds is 11. The van der Waals surface area contributed by atoms with E-state index in [4.69, 9.17) is 14.0 Å². The normalized spacial score (nSPS) is 17.1. The van der Waals surface area contributed by atoms with Crippen molar-refractivity contribution in [3.63, 3.8) is 0 Å². The zero-order chi connectivity index (χ0) is 29.4. The number of alkyl carbamates (subject to hydrolysis) is 1. The molecular weight excluding hydrogens is 528 g/mol. The monoisotopic (exact) mass is 566 g/mol. The molecule has 11 nitrogen and oxygen atoms in total. The molecule has 11 heteroatoms. The number of aliphatic hydroxyl groups is 1. The van der Waals surface area contributed by atoms with E-state index < -0.39 is 35.9 Å². The van der Waals surface area contributed by atoms with Crippen molar-refractivity contribution in [3.05, 3.63) is 66.1 Å². The van der Waals surface area contributed by atoms with E-state index in [1.807, 2.05) is 12.1 Å². The Hall–Kier alpha value is -3.96. The van der Waals surface area contributed by atoms with E-state index in [9.17, 15) is 19.5 Å². The largest absolute Gasteiger partial charge is 0.444 e. The third kappa shape index (κ3) is 8.51. The highest BCUT2D eigenvalue weighted by Crippen LogP contribution is 2.26. The Bertz CT molecular complexity index is 1290. The van der Waals surface area contributed by atoms with E-state index in [0.29, 0.717) is 61.9 Å². The number of aromatic nitrogens is 1. The molecule has 1 aromatic heterocycles. The zero-order valence-corrected chi connectivity index (χ0v) is 23.7. The molecule has 3 aromatic rings. The molecule has 3 N–H and O–H groups in total. The maximum atomic E-state index is 13.4. The van der Waals surface area contributed by atoms with Gasteiger partial charge in [-0.1, -0.05) is 30.3 Å². The van der Waals surface area contributed by atoms with Gasteiger partial charge in [0.05, 0.1) is 11.6 Å². The Morgan fingerprint density at radius 1 is 1.10 bits per heavy atom. The molecule has 41 heavy (non-hydrogen) atoms. The molecule has 1 aliphatic heterocycles. The van der Waals surface area contributed by atoms with Crippen LogP contribution in [0.3, 0.4) is 0 Å². The summed E-state index contributed by atoms with van der Waals surface area (Å²) in [5.41, 5.74) is 0.931. The number of para-hydroxylation sites is 2. The molecule has 2 aromatic carbocycles. The third-order valence-electron chi connectivity index (χ3n) is 6.60. The number of hydrogen-bond acceptors (Lipinski definition) is 9. The highest BCUT2D eigenvalue weighted by atomic mass is 16.7. The number of unbranched alkanes of at least 4 members (excludes halogenated alkanes) is 1. The van der Waals surface area contributed by atoms with Crippen molar-refractivity contribution in [3.8, 4) is 0 Å². The smallest absolute Gasteiger partial charge is 0.407 e.